The summed E-state index contributed by atoms with van der Waals surface area (Å²) in [7, 11) is -3.73. The standard InChI is InChI=1S/C19H21FN2O4S/c1-2-14-6-7-15(19(23)21-17-5-3-4-16(20)13-17)12-18(14)27(24,25)22-8-10-26-11-9-22/h3-7,12-13H,2,8-11H2,1H3,(H,21,23). The maximum atomic E-state index is 13.3. The minimum atomic E-state index is -3.73. The number of sulfonamides is 1. The van der Waals surface area contributed by atoms with Crippen LogP contribution >= 0.6 is 0 Å². The Bertz CT molecular complexity index is 940. The van der Waals surface area contributed by atoms with Crippen molar-refractivity contribution in [3.63, 3.8) is 0 Å². The van der Waals surface area contributed by atoms with Crippen LogP contribution in [0.3, 0.4) is 0 Å². The average molecular weight is 392 g/mol. The van der Waals surface area contributed by atoms with Crippen LogP contribution in [-0.2, 0) is 21.2 Å². The number of rotatable bonds is 5. The van der Waals surface area contributed by atoms with E-state index in [0.29, 0.717) is 30.9 Å². The molecule has 2 aromatic rings. The van der Waals surface area contributed by atoms with Crippen molar-refractivity contribution >= 4 is 21.6 Å². The first kappa shape index (κ1) is 19.5. The molecular weight excluding hydrogens is 371 g/mol. The third-order valence-corrected chi connectivity index (χ3v) is 6.36. The maximum Gasteiger partial charge on any atom is 0.255 e. The lowest BCUT2D eigenvalue weighted by Crippen LogP contribution is -2.41. The van der Waals surface area contributed by atoms with E-state index in [1.807, 2.05) is 6.92 Å². The second kappa shape index (κ2) is 8.16. The summed E-state index contributed by atoms with van der Waals surface area (Å²) in [6, 6.07) is 10.1. The van der Waals surface area contributed by atoms with E-state index in [1.165, 1.54) is 28.6 Å². The normalized spacial score (nSPS) is 15.5. The van der Waals surface area contributed by atoms with Gasteiger partial charge >= 0.3 is 0 Å². The highest BCUT2D eigenvalue weighted by atomic mass is 32.2. The molecule has 8 heteroatoms. The van der Waals surface area contributed by atoms with E-state index in [2.05, 4.69) is 5.32 Å². The first-order valence-corrected chi connectivity index (χ1v) is 10.1. The van der Waals surface area contributed by atoms with Gasteiger partial charge in [-0.05, 0) is 42.3 Å². The Morgan fingerprint density at radius 3 is 2.59 bits per heavy atom. The molecule has 6 nitrogen and oxygen atoms in total. The van der Waals surface area contributed by atoms with Crippen LogP contribution in [0.2, 0.25) is 0 Å². The number of carbonyl (C=O) groups excluding carboxylic acids is 1. The van der Waals surface area contributed by atoms with Crippen molar-refractivity contribution in [1.82, 2.24) is 4.31 Å². The van der Waals surface area contributed by atoms with Crippen LogP contribution < -0.4 is 5.32 Å². The van der Waals surface area contributed by atoms with E-state index in [9.17, 15) is 17.6 Å². The van der Waals surface area contributed by atoms with Gasteiger partial charge in [0.25, 0.3) is 5.91 Å². The van der Waals surface area contributed by atoms with Gasteiger partial charge in [0.15, 0.2) is 0 Å². The van der Waals surface area contributed by atoms with Crippen LogP contribution in [0.5, 0.6) is 0 Å². The number of hydrogen-bond acceptors (Lipinski definition) is 4. The van der Waals surface area contributed by atoms with Gasteiger partial charge in [-0.15, -0.1) is 0 Å². The number of anilines is 1. The second-order valence-corrected chi connectivity index (χ2v) is 8.06. The quantitative estimate of drug-likeness (QED) is 0.849. The number of aryl methyl sites for hydroxylation is 1. The SMILES string of the molecule is CCc1ccc(C(=O)Nc2cccc(F)c2)cc1S(=O)(=O)N1CCOCC1. The molecule has 0 atom stereocenters. The second-order valence-electron chi connectivity index (χ2n) is 6.16. The van der Waals surface area contributed by atoms with Gasteiger partial charge in [-0.2, -0.15) is 4.31 Å². The van der Waals surface area contributed by atoms with Crippen molar-refractivity contribution in [2.24, 2.45) is 0 Å². The van der Waals surface area contributed by atoms with E-state index in [0.717, 1.165) is 0 Å². The van der Waals surface area contributed by atoms with Crippen LogP contribution in [0, 0.1) is 5.82 Å². The van der Waals surface area contributed by atoms with Crippen molar-refractivity contribution in [3.05, 3.63) is 59.4 Å². The monoisotopic (exact) mass is 392 g/mol. The molecule has 1 aliphatic heterocycles. The van der Waals surface area contributed by atoms with Crippen molar-refractivity contribution < 1.29 is 22.3 Å². The molecule has 0 aliphatic carbocycles. The van der Waals surface area contributed by atoms with Crippen LogP contribution in [0.1, 0.15) is 22.8 Å². The van der Waals surface area contributed by atoms with Crippen LogP contribution in [0.4, 0.5) is 10.1 Å². The summed E-state index contributed by atoms with van der Waals surface area (Å²) in [4.78, 5) is 12.6. The van der Waals surface area contributed by atoms with Gasteiger partial charge < -0.3 is 10.1 Å². The van der Waals surface area contributed by atoms with E-state index >= 15 is 0 Å². The summed E-state index contributed by atoms with van der Waals surface area (Å²) in [5.74, 6) is -0.966. The molecule has 2 aromatic carbocycles. The number of nitrogens with one attached hydrogen (secondary N) is 1. The van der Waals surface area contributed by atoms with E-state index < -0.39 is 21.7 Å². The molecule has 0 unspecified atom stereocenters. The summed E-state index contributed by atoms with van der Waals surface area (Å²) >= 11 is 0. The number of hydrogen-bond donors (Lipinski definition) is 1. The van der Waals surface area contributed by atoms with E-state index in [1.54, 1.807) is 18.2 Å². The van der Waals surface area contributed by atoms with Crippen molar-refractivity contribution in [3.8, 4) is 0 Å². The van der Waals surface area contributed by atoms with Gasteiger partial charge in [-0.1, -0.05) is 19.1 Å². The highest BCUT2D eigenvalue weighted by Crippen LogP contribution is 2.24. The molecule has 0 bridgehead atoms. The molecule has 144 valence electrons. The maximum absolute atomic E-state index is 13.3. The molecule has 1 fully saturated rings. The van der Waals surface area contributed by atoms with Gasteiger partial charge in [-0.3, -0.25) is 4.79 Å². The summed E-state index contributed by atoms with van der Waals surface area (Å²) in [6.07, 6.45) is 0.519. The number of benzene rings is 2. The first-order chi connectivity index (χ1) is 12.9. The van der Waals surface area contributed by atoms with Gasteiger partial charge in [0, 0.05) is 24.3 Å². The minimum absolute atomic E-state index is 0.124. The Labute approximate surface area is 158 Å². The average Bonchev–Trinajstić information content (AvgIpc) is 2.68. The molecule has 1 aliphatic rings. The predicted octanol–water partition coefficient (Wildman–Crippen LogP) is 2.66. The molecule has 1 heterocycles. The molecular formula is C19H21FN2O4S. The zero-order chi connectivity index (χ0) is 19.4. The Morgan fingerprint density at radius 1 is 1.19 bits per heavy atom. The largest absolute Gasteiger partial charge is 0.379 e. The van der Waals surface area contributed by atoms with Crippen molar-refractivity contribution in [2.75, 3.05) is 31.6 Å². The number of halogens is 1. The molecule has 27 heavy (non-hydrogen) atoms. The lowest BCUT2D eigenvalue weighted by molar-refractivity contribution is 0.0730. The molecule has 1 saturated heterocycles. The lowest BCUT2D eigenvalue weighted by atomic mass is 10.1. The topological polar surface area (TPSA) is 75.7 Å². The highest BCUT2D eigenvalue weighted by molar-refractivity contribution is 7.89. The Hall–Kier alpha value is -2.29. The number of amides is 1. The van der Waals surface area contributed by atoms with Gasteiger partial charge in [0.05, 0.1) is 18.1 Å². The molecule has 0 spiro atoms. The zero-order valence-corrected chi connectivity index (χ0v) is 15.8. The highest BCUT2D eigenvalue weighted by Gasteiger charge is 2.29. The van der Waals surface area contributed by atoms with Crippen LogP contribution in [-0.4, -0.2) is 44.9 Å². The molecule has 1 N–H and O–H groups in total. The van der Waals surface area contributed by atoms with Gasteiger partial charge in [0.2, 0.25) is 10.0 Å². The number of morpholine rings is 1. The minimum Gasteiger partial charge on any atom is -0.379 e. The van der Waals surface area contributed by atoms with Crippen molar-refractivity contribution in [2.45, 2.75) is 18.2 Å². The summed E-state index contributed by atoms with van der Waals surface area (Å²) < 4.78 is 46.0. The lowest BCUT2D eigenvalue weighted by Gasteiger charge is -2.27. The van der Waals surface area contributed by atoms with Crippen LogP contribution in [0.25, 0.3) is 0 Å². The van der Waals surface area contributed by atoms with E-state index in [-0.39, 0.29) is 23.5 Å². The first-order valence-electron chi connectivity index (χ1n) is 8.69. The number of carbonyl (C=O) groups is 1. The third kappa shape index (κ3) is 4.35. The van der Waals surface area contributed by atoms with Crippen LogP contribution in [0.15, 0.2) is 47.4 Å². The Morgan fingerprint density at radius 2 is 1.93 bits per heavy atom. The molecule has 0 saturated carbocycles. The number of ether oxygens (including phenoxy) is 1. The number of nitrogens with zero attached hydrogens (tertiary/aromatic N) is 1. The van der Waals surface area contributed by atoms with Gasteiger partial charge in [0.1, 0.15) is 5.82 Å². The molecule has 3 rings (SSSR count). The Balaban J connectivity index is 1.92. The molecule has 0 aromatic heterocycles. The third-order valence-electron chi connectivity index (χ3n) is 4.38. The fourth-order valence-corrected chi connectivity index (χ4v) is 4.65. The van der Waals surface area contributed by atoms with E-state index in [4.69, 9.17) is 4.74 Å². The summed E-state index contributed by atoms with van der Waals surface area (Å²) in [5, 5.41) is 2.59. The fourth-order valence-electron chi connectivity index (χ4n) is 2.92. The Kier molecular flexibility index (Phi) is 5.88. The predicted molar refractivity (Wildman–Crippen MR) is 99.8 cm³/mol. The molecule has 0 radical (unpaired) electrons. The summed E-state index contributed by atoms with van der Waals surface area (Å²) in [6.45, 7) is 3.12. The fraction of sp³-hybridized carbons (Fsp3) is 0.316. The van der Waals surface area contributed by atoms with Gasteiger partial charge in [-0.25, -0.2) is 12.8 Å². The smallest absolute Gasteiger partial charge is 0.255 e. The zero-order valence-electron chi connectivity index (χ0n) is 14.9. The van der Waals surface area contributed by atoms with Crippen molar-refractivity contribution in [1.29, 1.82) is 0 Å². The molecule has 1 amide bonds. The summed E-state index contributed by atoms with van der Waals surface area (Å²) in [5.41, 5.74) is 1.14.